The molecule has 0 bridgehead atoms. The summed E-state index contributed by atoms with van der Waals surface area (Å²) in [6, 6.07) is 7.75. The van der Waals surface area contributed by atoms with Crippen molar-refractivity contribution in [1.82, 2.24) is 9.55 Å². The second-order valence-electron chi connectivity index (χ2n) is 4.86. The van der Waals surface area contributed by atoms with Crippen molar-refractivity contribution in [2.75, 3.05) is 0 Å². The number of aromatic nitrogens is 2. The lowest BCUT2D eigenvalue weighted by atomic mass is 10.2. The van der Waals surface area contributed by atoms with Crippen molar-refractivity contribution in [2.24, 2.45) is 7.05 Å². The molecule has 1 aliphatic rings. The van der Waals surface area contributed by atoms with Crippen LogP contribution >= 0.6 is 0 Å². The summed E-state index contributed by atoms with van der Waals surface area (Å²) in [5, 5.41) is 8.91. The molecule has 2 unspecified atom stereocenters. The number of rotatable bonds is 1. The summed E-state index contributed by atoms with van der Waals surface area (Å²) in [5.41, 5.74) is 2.56. The molecule has 1 fully saturated rings. The molecule has 0 N–H and O–H groups in total. The van der Waals surface area contributed by atoms with Gasteiger partial charge in [-0.25, -0.2) is 4.98 Å². The van der Waals surface area contributed by atoms with Gasteiger partial charge in [-0.1, -0.05) is 0 Å². The third kappa shape index (κ3) is 1.68. The van der Waals surface area contributed by atoms with Gasteiger partial charge in [-0.3, -0.25) is 0 Å². The first-order chi connectivity index (χ1) is 8.69. The predicted octanol–water partition coefficient (Wildman–Crippen LogP) is 2.68. The van der Waals surface area contributed by atoms with E-state index in [2.05, 4.69) is 22.5 Å². The standard InChI is InChI=1S/C14H15N3O/c1-9-3-6-13(18-9)14-16-11-7-10(8-15)4-5-12(11)17(14)2/h4-5,7,9,13H,3,6H2,1-2H3. The highest BCUT2D eigenvalue weighted by atomic mass is 16.5. The third-order valence-corrected chi connectivity index (χ3v) is 3.56. The van der Waals surface area contributed by atoms with Crippen molar-refractivity contribution in [1.29, 1.82) is 5.26 Å². The van der Waals surface area contributed by atoms with Crippen LogP contribution in [-0.4, -0.2) is 15.7 Å². The molecular weight excluding hydrogens is 226 g/mol. The maximum atomic E-state index is 8.91. The molecule has 1 saturated heterocycles. The number of benzene rings is 1. The highest BCUT2D eigenvalue weighted by Gasteiger charge is 2.27. The topological polar surface area (TPSA) is 50.8 Å². The lowest BCUT2D eigenvalue weighted by Gasteiger charge is -2.10. The van der Waals surface area contributed by atoms with Crippen LogP contribution in [0.3, 0.4) is 0 Å². The van der Waals surface area contributed by atoms with E-state index >= 15 is 0 Å². The van der Waals surface area contributed by atoms with E-state index in [1.165, 1.54) is 0 Å². The van der Waals surface area contributed by atoms with Crippen molar-refractivity contribution in [3.63, 3.8) is 0 Å². The summed E-state index contributed by atoms with van der Waals surface area (Å²) in [6.45, 7) is 2.09. The van der Waals surface area contributed by atoms with E-state index in [9.17, 15) is 0 Å². The van der Waals surface area contributed by atoms with Gasteiger partial charge in [0, 0.05) is 7.05 Å². The van der Waals surface area contributed by atoms with Gasteiger partial charge < -0.3 is 9.30 Å². The van der Waals surface area contributed by atoms with E-state index in [0.29, 0.717) is 11.7 Å². The van der Waals surface area contributed by atoms with Crippen molar-refractivity contribution in [3.05, 3.63) is 29.6 Å². The molecule has 1 aromatic heterocycles. The number of aryl methyl sites for hydroxylation is 1. The van der Waals surface area contributed by atoms with Crippen LogP contribution in [0.25, 0.3) is 11.0 Å². The molecule has 2 atom stereocenters. The molecule has 1 aliphatic heterocycles. The van der Waals surface area contributed by atoms with Gasteiger partial charge in [-0.15, -0.1) is 0 Å². The van der Waals surface area contributed by atoms with Crippen molar-refractivity contribution in [3.8, 4) is 6.07 Å². The van der Waals surface area contributed by atoms with Gasteiger partial charge in [0.25, 0.3) is 0 Å². The van der Waals surface area contributed by atoms with Crippen LogP contribution in [0.5, 0.6) is 0 Å². The van der Waals surface area contributed by atoms with Crippen LogP contribution in [0.1, 0.15) is 37.3 Å². The fraction of sp³-hybridized carbons (Fsp3) is 0.429. The molecule has 0 saturated carbocycles. The summed E-state index contributed by atoms with van der Waals surface area (Å²) in [5.74, 6) is 0.962. The molecule has 4 heteroatoms. The minimum absolute atomic E-state index is 0.0861. The Kier molecular flexibility index (Phi) is 2.57. The number of hydrogen-bond acceptors (Lipinski definition) is 3. The molecule has 92 valence electrons. The second kappa shape index (κ2) is 4.11. The first-order valence-electron chi connectivity index (χ1n) is 6.21. The van der Waals surface area contributed by atoms with Gasteiger partial charge in [0.15, 0.2) is 0 Å². The fourth-order valence-corrected chi connectivity index (χ4v) is 2.57. The monoisotopic (exact) mass is 241 g/mol. The largest absolute Gasteiger partial charge is 0.367 e. The number of hydrogen-bond donors (Lipinski definition) is 0. The van der Waals surface area contributed by atoms with Crippen LogP contribution in [-0.2, 0) is 11.8 Å². The van der Waals surface area contributed by atoms with Crippen LogP contribution in [0.4, 0.5) is 0 Å². The third-order valence-electron chi connectivity index (χ3n) is 3.56. The maximum Gasteiger partial charge on any atom is 0.138 e. The summed E-state index contributed by atoms with van der Waals surface area (Å²) in [4.78, 5) is 4.62. The number of fused-ring (bicyclic) bond motifs is 1. The van der Waals surface area contributed by atoms with Gasteiger partial charge >= 0.3 is 0 Å². The number of nitrogens with zero attached hydrogens (tertiary/aromatic N) is 3. The van der Waals surface area contributed by atoms with Gasteiger partial charge in [-0.05, 0) is 38.0 Å². The zero-order valence-electron chi connectivity index (χ0n) is 10.6. The van der Waals surface area contributed by atoms with Crippen LogP contribution in [0, 0.1) is 11.3 Å². The number of nitriles is 1. The average Bonchev–Trinajstić information content (AvgIpc) is 2.93. The average molecular weight is 241 g/mol. The molecule has 4 nitrogen and oxygen atoms in total. The van der Waals surface area contributed by atoms with E-state index in [0.717, 1.165) is 29.7 Å². The molecule has 2 heterocycles. The first-order valence-corrected chi connectivity index (χ1v) is 6.21. The highest BCUT2D eigenvalue weighted by Crippen LogP contribution is 2.33. The number of ether oxygens (including phenoxy) is 1. The van der Waals surface area contributed by atoms with Crippen molar-refractivity contribution in [2.45, 2.75) is 32.0 Å². The highest BCUT2D eigenvalue weighted by molar-refractivity contribution is 5.77. The van der Waals surface area contributed by atoms with E-state index in [1.54, 1.807) is 0 Å². The predicted molar refractivity (Wildman–Crippen MR) is 68.0 cm³/mol. The van der Waals surface area contributed by atoms with Crippen molar-refractivity contribution >= 4 is 11.0 Å². The molecule has 1 aromatic carbocycles. The Labute approximate surface area is 106 Å². The first kappa shape index (κ1) is 11.2. The maximum absolute atomic E-state index is 8.91. The summed E-state index contributed by atoms with van der Waals surface area (Å²) in [6.07, 6.45) is 2.49. The lowest BCUT2D eigenvalue weighted by molar-refractivity contribution is 0.0490. The van der Waals surface area contributed by atoms with Crippen LogP contribution in [0.15, 0.2) is 18.2 Å². The molecule has 0 amide bonds. The minimum Gasteiger partial charge on any atom is -0.367 e. The van der Waals surface area contributed by atoms with Gasteiger partial charge in [0.1, 0.15) is 11.9 Å². The smallest absolute Gasteiger partial charge is 0.138 e. The molecule has 0 aliphatic carbocycles. The van der Waals surface area contributed by atoms with Crippen LogP contribution < -0.4 is 0 Å². The quantitative estimate of drug-likeness (QED) is 0.771. The lowest BCUT2D eigenvalue weighted by Crippen LogP contribution is -2.06. The van der Waals surface area contributed by atoms with E-state index in [-0.39, 0.29) is 6.10 Å². The van der Waals surface area contributed by atoms with E-state index in [4.69, 9.17) is 10.00 Å². The van der Waals surface area contributed by atoms with Gasteiger partial charge in [0.05, 0.1) is 28.8 Å². The summed E-state index contributed by atoms with van der Waals surface area (Å²) in [7, 11) is 2.00. The SMILES string of the molecule is CC1CCC(c2nc3cc(C#N)ccc3n2C)O1. The van der Waals surface area contributed by atoms with Crippen LogP contribution in [0.2, 0.25) is 0 Å². The minimum atomic E-state index is 0.0861. The zero-order valence-corrected chi connectivity index (χ0v) is 10.6. The normalized spacial score (nSPS) is 23.4. The fourth-order valence-electron chi connectivity index (χ4n) is 2.57. The molecule has 18 heavy (non-hydrogen) atoms. The Bertz CT molecular complexity index is 638. The summed E-state index contributed by atoms with van der Waals surface area (Å²) >= 11 is 0. The van der Waals surface area contributed by atoms with Crippen molar-refractivity contribution < 1.29 is 4.74 Å². The Morgan fingerprint density at radius 3 is 2.94 bits per heavy atom. The van der Waals surface area contributed by atoms with E-state index in [1.807, 2.05) is 25.2 Å². The van der Waals surface area contributed by atoms with E-state index < -0.39 is 0 Å². The molecular formula is C14H15N3O. The van der Waals surface area contributed by atoms with Gasteiger partial charge in [-0.2, -0.15) is 5.26 Å². The summed E-state index contributed by atoms with van der Waals surface area (Å²) < 4.78 is 7.93. The van der Waals surface area contributed by atoms with Gasteiger partial charge in [0.2, 0.25) is 0 Å². The molecule has 3 rings (SSSR count). The zero-order chi connectivity index (χ0) is 12.7. The second-order valence-corrected chi connectivity index (χ2v) is 4.86. The molecule has 0 spiro atoms. The molecule has 2 aromatic rings. The Balaban J connectivity index is 2.08. The molecule has 0 radical (unpaired) electrons. The Morgan fingerprint density at radius 1 is 1.44 bits per heavy atom. The number of imidazole rings is 1. The Morgan fingerprint density at radius 2 is 2.28 bits per heavy atom. The Hall–Kier alpha value is -1.86.